The molecule has 0 bridgehead atoms. The molecule has 1 saturated heterocycles. The van der Waals surface area contributed by atoms with Crippen LogP contribution in [0.25, 0.3) is 5.76 Å². The molecule has 1 amide bonds. The molecule has 124 valence electrons. The first kappa shape index (κ1) is 16.7. The fraction of sp³-hybridized carbons (Fsp3) is 0.105. The van der Waals surface area contributed by atoms with Crippen molar-refractivity contribution < 1.29 is 14.7 Å². The number of halogens is 1. The number of carbonyl (C=O) groups is 2. The van der Waals surface area contributed by atoms with Gasteiger partial charge in [-0.25, -0.2) is 0 Å². The third-order valence-corrected chi connectivity index (χ3v) is 4.37. The number of aliphatic hydroxyl groups is 1. The van der Waals surface area contributed by atoms with Crippen LogP contribution in [0.3, 0.4) is 0 Å². The summed E-state index contributed by atoms with van der Waals surface area (Å²) in [5.41, 5.74) is 0.824. The number of likely N-dealkylation sites (tertiary alicyclic amines) is 1. The summed E-state index contributed by atoms with van der Waals surface area (Å²) in [6.07, 6.45) is 0. The van der Waals surface area contributed by atoms with Gasteiger partial charge in [0.2, 0.25) is 0 Å². The Kier molecular flexibility index (Phi) is 4.55. The van der Waals surface area contributed by atoms with Gasteiger partial charge in [0.25, 0.3) is 11.7 Å². The number of aliphatic hydroxyl groups excluding tert-OH is 1. The van der Waals surface area contributed by atoms with E-state index in [0.717, 1.165) is 4.90 Å². The van der Waals surface area contributed by atoms with Gasteiger partial charge in [-0.1, -0.05) is 60.1 Å². The summed E-state index contributed by atoms with van der Waals surface area (Å²) in [5.74, 6) is -1.95. The predicted molar refractivity (Wildman–Crippen MR) is 92.5 cm³/mol. The molecule has 0 aliphatic carbocycles. The minimum absolute atomic E-state index is 0.0699. The molecule has 0 aromatic heterocycles. The maximum atomic E-state index is 12.5. The molecule has 3 rings (SSSR count). The quantitative estimate of drug-likeness (QED) is 0.398. The van der Waals surface area contributed by atoms with Crippen molar-refractivity contribution in [1.29, 1.82) is 5.26 Å². The molecular weight excluding hydrogens is 340 g/mol. The molecule has 1 heterocycles. The Morgan fingerprint density at radius 1 is 1.12 bits per heavy atom. The number of rotatable bonds is 3. The number of hydrogen-bond acceptors (Lipinski definition) is 4. The maximum absolute atomic E-state index is 12.5. The van der Waals surface area contributed by atoms with Gasteiger partial charge in [-0.3, -0.25) is 9.59 Å². The Labute approximate surface area is 149 Å². The third kappa shape index (κ3) is 2.88. The lowest BCUT2D eigenvalue weighted by molar-refractivity contribution is -0.139. The number of amides is 1. The van der Waals surface area contributed by atoms with Crippen molar-refractivity contribution in [2.24, 2.45) is 0 Å². The minimum atomic E-state index is -0.909. The third-order valence-electron chi connectivity index (χ3n) is 4.03. The summed E-state index contributed by atoms with van der Waals surface area (Å²) in [7, 11) is 0. The monoisotopic (exact) mass is 352 g/mol. The summed E-state index contributed by atoms with van der Waals surface area (Å²) >= 11 is 6.24. The minimum Gasteiger partial charge on any atom is -0.507 e. The van der Waals surface area contributed by atoms with Gasteiger partial charge >= 0.3 is 0 Å². The Morgan fingerprint density at radius 3 is 2.40 bits per heavy atom. The average Bonchev–Trinajstić information content (AvgIpc) is 2.87. The molecule has 1 aliphatic rings. The van der Waals surface area contributed by atoms with Crippen LogP contribution in [0.5, 0.6) is 0 Å². The summed E-state index contributed by atoms with van der Waals surface area (Å²) < 4.78 is 0. The van der Waals surface area contributed by atoms with Crippen molar-refractivity contribution >= 4 is 29.1 Å². The molecule has 6 heteroatoms. The summed E-state index contributed by atoms with van der Waals surface area (Å²) in [6.45, 7) is -0.286. The lowest BCUT2D eigenvalue weighted by atomic mass is 9.95. The van der Waals surface area contributed by atoms with E-state index in [1.54, 1.807) is 54.6 Å². The van der Waals surface area contributed by atoms with E-state index in [4.69, 9.17) is 16.9 Å². The molecule has 1 atom stereocenters. The SMILES string of the molecule is N#CCN1C(=O)C(=O)/C(=C(/O)c2ccccc2)C1c1ccccc1Cl. The van der Waals surface area contributed by atoms with Gasteiger partial charge in [0.1, 0.15) is 12.3 Å². The van der Waals surface area contributed by atoms with Gasteiger partial charge in [-0.05, 0) is 11.6 Å². The van der Waals surface area contributed by atoms with E-state index in [1.807, 2.05) is 6.07 Å². The molecule has 2 aromatic carbocycles. The van der Waals surface area contributed by atoms with E-state index in [9.17, 15) is 14.7 Å². The number of Topliss-reactive ketones (excluding diaryl/α,β-unsaturated/α-hetero) is 1. The summed E-state index contributed by atoms with van der Waals surface area (Å²) in [5, 5.41) is 20.1. The molecule has 0 saturated carbocycles. The Morgan fingerprint density at radius 2 is 1.76 bits per heavy atom. The lowest BCUT2D eigenvalue weighted by Gasteiger charge is -2.23. The molecule has 0 spiro atoms. The van der Waals surface area contributed by atoms with Crippen molar-refractivity contribution in [3.63, 3.8) is 0 Å². The van der Waals surface area contributed by atoms with Crippen LogP contribution in [-0.4, -0.2) is 28.2 Å². The van der Waals surface area contributed by atoms with Crippen LogP contribution in [0.15, 0.2) is 60.2 Å². The van der Waals surface area contributed by atoms with Gasteiger partial charge in [0.05, 0.1) is 17.7 Å². The largest absolute Gasteiger partial charge is 0.507 e. The van der Waals surface area contributed by atoms with Crippen molar-refractivity contribution in [2.75, 3.05) is 6.54 Å². The van der Waals surface area contributed by atoms with Crippen molar-refractivity contribution in [2.45, 2.75) is 6.04 Å². The molecule has 2 aromatic rings. The van der Waals surface area contributed by atoms with Gasteiger partial charge in [0, 0.05) is 10.6 Å². The van der Waals surface area contributed by atoms with E-state index in [0.29, 0.717) is 16.1 Å². The topological polar surface area (TPSA) is 81.4 Å². The van der Waals surface area contributed by atoms with E-state index in [1.165, 1.54) is 0 Å². The number of hydrogen-bond donors (Lipinski definition) is 1. The maximum Gasteiger partial charge on any atom is 0.296 e. The lowest BCUT2D eigenvalue weighted by Crippen LogP contribution is -2.30. The first-order valence-electron chi connectivity index (χ1n) is 7.51. The zero-order valence-electron chi connectivity index (χ0n) is 13.0. The van der Waals surface area contributed by atoms with E-state index < -0.39 is 17.7 Å². The molecule has 5 nitrogen and oxygen atoms in total. The van der Waals surface area contributed by atoms with Crippen molar-refractivity contribution in [1.82, 2.24) is 4.90 Å². The van der Waals surface area contributed by atoms with Crippen LogP contribution < -0.4 is 0 Å². The van der Waals surface area contributed by atoms with E-state index in [-0.39, 0.29) is 17.9 Å². The zero-order valence-corrected chi connectivity index (χ0v) is 13.8. The molecule has 1 aliphatic heterocycles. The first-order chi connectivity index (χ1) is 12.1. The Balaban J connectivity index is 2.24. The van der Waals surface area contributed by atoms with Crippen LogP contribution in [0.2, 0.25) is 5.02 Å². The highest BCUT2D eigenvalue weighted by molar-refractivity contribution is 6.47. The molecular formula is C19H13ClN2O3. The fourth-order valence-corrected chi connectivity index (χ4v) is 3.13. The smallest absolute Gasteiger partial charge is 0.296 e. The predicted octanol–water partition coefficient (Wildman–Crippen LogP) is 3.29. The molecule has 1 unspecified atom stereocenters. The number of nitrogens with zero attached hydrogens (tertiary/aromatic N) is 2. The van der Waals surface area contributed by atoms with Gasteiger partial charge in [-0.15, -0.1) is 0 Å². The summed E-state index contributed by atoms with van der Waals surface area (Å²) in [6, 6.07) is 16.2. The van der Waals surface area contributed by atoms with Crippen LogP contribution in [0.1, 0.15) is 17.2 Å². The Hall–Kier alpha value is -3.10. The fourth-order valence-electron chi connectivity index (χ4n) is 2.89. The molecule has 1 fully saturated rings. The first-order valence-corrected chi connectivity index (χ1v) is 7.89. The zero-order chi connectivity index (χ0) is 18.0. The van der Waals surface area contributed by atoms with Gasteiger partial charge in [0.15, 0.2) is 0 Å². The van der Waals surface area contributed by atoms with Crippen molar-refractivity contribution in [3.05, 3.63) is 76.3 Å². The second-order valence-corrected chi connectivity index (χ2v) is 5.88. The van der Waals surface area contributed by atoms with Gasteiger partial charge in [-0.2, -0.15) is 5.26 Å². The molecule has 0 radical (unpaired) electrons. The van der Waals surface area contributed by atoms with E-state index in [2.05, 4.69) is 0 Å². The van der Waals surface area contributed by atoms with Crippen LogP contribution >= 0.6 is 11.6 Å². The van der Waals surface area contributed by atoms with Crippen LogP contribution in [0, 0.1) is 11.3 Å². The van der Waals surface area contributed by atoms with Crippen molar-refractivity contribution in [3.8, 4) is 6.07 Å². The second kappa shape index (κ2) is 6.80. The van der Waals surface area contributed by atoms with Crippen LogP contribution in [-0.2, 0) is 9.59 Å². The molecule has 1 N–H and O–H groups in total. The highest BCUT2D eigenvalue weighted by Gasteiger charge is 2.46. The normalized spacial score (nSPS) is 19.0. The second-order valence-electron chi connectivity index (χ2n) is 5.47. The average molecular weight is 353 g/mol. The number of carbonyl (C=O) groups excluding carboxylic acids is 2. The van der Waals surface area contributed by atoms with E-state index >= 15 is 0 Å². The highest BCUT2D eigenvalue weighted by Crippen LogP contribution is 2.41. The number of nitriles is 1. The highest BCUT2D eigenvalue weighted by atomic mass is 35.5. The summed E-state index contributed by atoms with van der Waals surface area (Å²) in [4.78, 5) is 26.0. The number of benzene rings is 2. The van der Waals surface area contributed by atoms with Crippen LogP contribution in [0.4, 0.5) is 0 Å². The van der Waals surface area contributed by atoms with Gasteiger partial charge < -0.3 is 10.0 Å². The number of ketones is 1. The standard InChI is InChI=1S/C19H13ClN2O3/c20-14-9-5-4-8-13(14)16-15(17(23)12-6-2-1-3-7-12)18(24)19(25)22(16)11-10-21/h1-9,16,23H,11H2/b17-15+. The molecule has 25 heavy (non-hydrogen) atoms. The Bertz CT molecular complexity index is 916.